The van der Waals surface area contributed by atoms with Crippen LogP contribution in [0.25, 0.3) is 6.08 Å². The average Bonchev–Trinajstić information content (AvgIpc) is 3.19. The molecule has 2 heterocycles. The number of hydrogen-bond donors (Lipinski definition) is 1. The zero-order valence-electron chi connectivity index (χ0n) is 20.1. The lowest BCUT2D eigenvalue weighted by atomic mass is 10.1. The number of amides is 2. The zero-order chi connectivity index (χ0) is 24.8. The number of rotatable bonds is 7. The van der Waals surface area contributed by atoms with E-state index in [1.165, 1.54) is 11.8 Å². The fourth-order valence-electron chi connectivity index (χ4n) is 3.72. The third kappa shape index (κ3) is 6.43. The predicted octanol–water partition coefficient (Wildman–Crippen LogP) is 3.83. The van der Waals surface area contributed by atoms with Crippen LogP contribution >= 0.6 is 11.8 Å². The van der Waals surface area contributed by atoms with Crippen LogP contribution in [-0.2, 0) is 14.3 Å². The summed E-state index contributed by atoms with van der Waals surface area (Å²) in [5, 5.41) is 3.37. The van der Waals surface area contributed by atoms with Gasteiger partial charge in [-0.05, 0) is 67.9 Å². The number of aliphatic imine (C=N–C) groups is 1. The van der Waals surface area contributed by atoms with Gasteiger partial charge in [-0.1, -0.05) is 23.8 Å². The Morgan fingerprint density at radius 3 is 2.69 bits per heavy atom. The maximum absolute atomic E-state index is 12.5. The van der Waals surface area contributed by atoms with Gasteiger partial charge in [-0.2, -0.15) is 0 Å². The molecular weight excluding hydrogens is 466 g/mol. The van der Waals surface area contributed by atoms with Gasteiger partial charge in [-0.25, -0.2) is 4.99 Å². The first-order chi connectivity index (χ1) is 16.9. The van der Waals surface area contributed by atoms with E-state index in [1.807, 2.05) is 39.0 Å². The highest BCUT2D eigenvalue weighted by Gasteiger charge is 2.24. The maximum atomic E-state index is 12.5. The molecule has 4 rings (SSSR count). The minimum absolute atomic E-state index is 0.0724. The summed E-state index contributed by atoms with van der Waals surface area (Å²) >= 11 is 1.29. The van der Waals surface area contributed by atoms with E-state index >= 15 is 0 Å². The first kappa shape index (κ1) is 24.8. The van der Waals surface area contributed by atoms with E-state index in [9.17, 15) is 9.59 Å². The van der Waals surface area contributed by atoms with Crippen molar-refractivity contribution in [2.24, 2.45) is 4.99 Å². The third-order valence-corrected chi connectivity index (χ3v) is 6.42. The van der Waals surface area contributed by atoms with Gasteiger partial charge in [-0.15, -0.1) is 0 Å². The number of ether oxygens (including phenoxy) is 3. The van der Waals surface area contributed by atoms with Gasteiger partial charge in [0.05, 0.1) is 30.4 Å². The van der Waals surface area contributed by atoms with Crippen molar-refractivity contribution in [3.8, 4) is 11.5 Å². The monoisotopic (exact) mass is 495 g/mol. The summed E-state index contributed by atoms with van der Waals surface area (Å²) < 4.78 is 16.8. The number of amidine groups is 1. The van der Waals surface area contributed by atoms with Crippen molar-refractivity contribution in [2.75, 3.05) is 39.5 Å². The molecule has 2 aliphatic heterocycles. The molecule has 0 radical (unpaired) electrons. The summed E-state index contributed by atoms with van der Waals surface area (Å²) in [6, 6.07) is 11.4. The van der Waals surface area contributed by atoms with Crippen LogP contribution in [0.3, 0.4) is 0 Å². The second-order valence-corrected chi connectivity index (χ2v) is 9.22. The Morgan fingerprint density at radius 2 is 1.94 bits per heavy atom. The van der Waals surface area contributed by atoms with Gasteiger partial charge in [-0.3, -0.25) is 9.59 Å². The number of nitrogens with one attached hydrogen (secondary N) is 1. The van der Waals surface area contributed by atoms with Gasteiger partial charge >= 0.3 is 0 Å². The number of nitrogens with zero attached hydrogens (tertiary/aromatic N) is 2. The standard InChI is InChI=1S/C26H29N3O5S/c1-4-33-22-14-19(6-8-21(22)34-16-24(30)29-9-11-32-12-10-29)15-23-25(31)28-26(35-23)27-20-7-5-17(2)13-18(20)3/h5-8,13-15H,4,9-12,16H2,1-3H3,(H,27,28,31)/b23-15+. The first-order valence-electron chi connectivity index (χ1n) is 11.5. The Bertz CT molecular complexity index is 1170. The lowest BCUT2D eigenvalue weighted by Crippen LogP contribution is -2.43. The number of thioether (sulfide) groups is 1. The smallest absolute Gasteiger partial charge is 0.264 e. The van der Waals surface area contributed by atoms with Crippen LogP contribution in [0.5, 0.6) is 11.5 Å². The molecule has 8 nitrogen and oxygen atoms in total. The normalized spacial score (nSPS) is 18.1. The van der Waals surface area contributed by atoms with Crippen molar-refractivity contribution in [1.82, 2.24) is 10.2 Å². The van der Waals surface area contributed by atoms with Crippen LogP contribution in [0.2, 0.25) is 0 Å². The Morgan fingerprint density at radius 1 is 1.14 bits per heavy atom. The van der Waals surface area contributed by atoms with Crippen LogP contribution in [-0.4, -0.2) is 61.4 Å². The second kappa shape index (κ2) is 11.4. The average molecular weight is 496 g/mol. The molecular formula is C26H29N3O5S. The van der Waals surface area contributed by atoms with Crippen LogP contribution < -0.4 is 14.8 Å². The van der Waals surface area contributed by atoms with E-state index in [0.717, 1.165) is 22.4 Å². The van der Waals surface area contributed by atoms with Gasteiger partial charge in [0.25, 0.3) is 11.8 Å². The van der Waals surface area contributed by atoms with E-state index in [1.54, 1.807) is 23.1 Å². The van der Waals surface area contributed by atoms with Gasteiger partial charge in [0, 0.05) is 13.1 Å². The minimum Gasteiger partial charge on any atom is -0.490 e. The van der Waals surface area contributed by atoms with Crippen LogP contribution in [0.15, 0.2) is 46.3 Å². The topological polar surface area (TPSA) is 89.5 Å². The van der Waals surface area contributed by atoms with Gasteiger partial charge in [0.2, 0.25) is 0 Å². The molecule has 9 heteroatoms. The number of aryl methyl sites for hydroxylation is 2. The quantitative estimate of drug-likeness (QED) is 0.588. The molecule has 35 heavy (non-hydrogen) atoms. The van der Waals surface area contributed by atoms with Crippen LogP contribution in [0.4, 0.5) is 5.69 Å². The minimum atomic E-state index is -0.201. The highest BCUT2D eigenvalue weighted by Crippen LogP contribution is 2.33. The molecule has 0 atom stereocenters. The van der Waals surface area contributed by atoms with Crippen molar-refractivity contribution in [2.45, 2.75) is 20.8 Å². The molecule has 0 spiro atoms. The number of morpholine rings is 1. The van der Waals surface area contributed by atoms with Crippen molar-refractivity contribution in [1.29, 1.82) is 0 Å². The van der Waals surface area contributed by atoms with Gasteiger partial charge in [0.15, 0.2) is 23.3 Å². The largest absolute Gasteiger partial charge is 0.490 e. The molecule has 2 aliphatic rings. The summed E-state index contributed by atoms with van der Waals surface area (Å²) in [6.07, 6.45) is 1.79. The van der Waals surface area contributed by atoms with Crippen LogP contribution in [0.1, 0.15) is 23.6 Å². The van der Waals surface area contributed by atoms with E-state index in [-0.39, 0.29) is 18.4 Å². The molecule has 2 aromatic rings. The Labute approximate surface area is 209 Å². The molecule has 2 aromatic carbocycles. The van der Waals surface area contributed by atoms with Crippen molar-refractivity contribution in [3.63, 3.8) is 0 Å². The van der Waals surface area contributed by atoms with Gasteiger partial charge in [0.1, 0.15) is 0 Å². The Kier molecular flexibility index (Phi) is 8.09. The van der Waals surface area contributed by atoms with Crippen LogP contribution in [0, 0.1) is 13.8 Å². The fraction of sp³-hybridized carbons (Fsp3) is 0.346. The Balaban J connectivity index is 1.46. The molecule has 2 saturated heterocycles. The molecule has 0 unspecified atom stereocenters. The highest BCUT2D eigenvalue weighted by molar-refractivity contribution is 8.18. The van der Waals surface area contributed by atoms with Crippen molar-refractivity contribution < 1.29 is 23.8 Å². The molecule has 2 amide bonds. The summed E-state index contributed by atoms with van der Waals surface area (Å²) in [4.78, 5) is 31.8. The molecule has 184 valence electrons. The summed E-state index contributed by atoms with van der Waals surface area (Å²) in [5.41, 5.74) is 3.82. The summed E-state index contributed by atoms with van der Waals surface area (Å²) in [6.45, 7) is 8.51. The number of carbonyl (C=O) groups excluding carboxylic acids is 2. The predicted molar refractivity (Wildman–Crippen MR) is 137 cm³/mol. The molecule has 0 aliphatic carbocycles. The molecule has 0 bridgehead atoms. The molecule has 1 N–H and O–H groups in total. The second-order valence-electron chi connectivity index (χ2n) is 8.19. The molecule has 2 fully saturated rings. The van der Waals surface area contributed by atoms with Gasteiger partial charge < -0.3 is 24.4 Å². The van der Waals surface area contributed by atoms with Crippen molar-refractivity contribution in [3.05, 3.63) is 58.0 Å². The lowest BCUT2D eigenvalue weighted by molar-refractivity contribution is -0.137. The van der Waals surface area contributed by atoms with E-state index in [4.69, 9.17) is 14.2 Å². The molecule has 0 saturated carbocycles. The lowest BCUT2D eigenvalue weighted by Gasteiger charge is -2.26. The number of benzene rings is 2. The third-order valence-electron chi connectivity index (χ3n) is 5.51. The zero-order valence-corrected chi connectivity index (χ0v) is 20.9. The summed E-state index contributed by atoms with van der Waals surface area (Å²) in [5.74, 6) is 0.713. The molecule has 0 aromatic heterocycles. The van der Waals surface area contributed by atoms with Crippen molar-refractivity contribution >= 4 is 40.5 Å². The number of carbonyl (C=O) groups is 2. The number of hydrogen-bond acceptors (Lipinski definition) is 7. The maximum Gasteiger partial charge on any atom is 0.264 e. The summed E-state index contributed by atoms with van der Waals surface area (Å²) in [7, 11) is 0. The SMILES string of the molecule is CCOc1cc(/C=C2/SC(=Nc3ccc(C)cc3C)NC2=O)ccc1OCC(=O)N1CCOCC1. The van der Waals surface area contributed by atoms with E-state index in [0.29, 0.717) is 54.5 Å². The van der Waals surface area contributed by atoms with E-state index < -0.39 is 0 Å². The highest BCUT2D eigenvalue weighted by atomic mass is 32.2. The Hall–Kier alpha value is -3.30. The fourth-order valence-corrected chi connectivity index (χ4v) is 4.55. The first-order valence-corrected chi connectivity index (χ1v) is 12.4. The van der Waals surface area contributed by atoms with E-state index in [2.05, 4.69) is 16.4 Å².